The standard InChI is InChI=1S/C25H33N3O4S/c1-32-23-12-6-5-11-21(23)22(27-13-7-8-14-27)19-26-25(29)24(20-9-3-2-4-10-20)28-15-17-33(30,31)18-16-28/h2-6,9-12,22,24H,7-8,13-19H2,1H3,(H,26,29). The van der Waals surface area contributed by atoms with Crippen LogP contribution < -0.4 is 10.1 Å². The minimum Gasteiger partial charge on any atom is -0.496 e. The van der Waals surface area contributed by atoms with Gasteiger partial charge in [-0.1, -0.05) is 48.5 Å². The summed E-state index contributed by atoms with van der Waals surface area (Å²) in [6.45, 7) is 3.17. The number of sulfone groups is 1. The highest BCUT2D eigenvalue weighted by atomic mass is 32.2. The second-order valence-electron chi connectivity index (χ2n) is 8.75. The molecule has 4 rings (SSSR count). The summed E-state index contributed by atoms with van der Waals surface area (Å²) in [4.78, 5) is 17.9. The summed E-state index contributed by atoms with van der Waals surface area (Å²) in [5, 5.41) is 3.20. The molecule has 2 aliphatic heterocycles. The van der Waals surface area contributed by atoms with E-state index >= 15 is 0 Å². The number of hydrogen-bond donors (Lipinski definition) is 1. The molecule has 2 aliphatic rings. The molecular weight excluding hydrogens is 438 g/mol. The lowest BCUT2D eigenvalue weighted by Gasteiger charge is -2.35. The number of methoxy groups -OCH3 is 1. The monoisotopic (exact) mass is 471 g/mol. The fraction of sp³-hybridized carbons (Fsp3) is 0.480. The number of ether oxygens (including phenoxy) is 1. The second kappa shape index (κ2) is 10.7. The van der Waals surface area contributed by atoms with Crippen LogP contribution in [0.25, 0.3) is 0 Å². The molecule has 0 aliphatic carbocycles. The Hall–Kier alpha value is -2.42. The molecule has 2 atom stereocenters. The Morgan fingerprint density at radius 1 is 0.939 bits per heavy atom. The molecule has 1 N–H and O–H groups in total. The van der Waals surface area contributed by atoms with Crippen molar-refractivity contribution in [2.75, 3.05) is 51.3 Å². The highest BCUT2D eigenvalue weighted by molar-refractivity contribution is 7.91. The van der Waals surface area contributed by atoms with E-state index in [9.17, 15) is 13.2 Å². The first-order valence-corrected chi connectivity index (χ1v) is 13.4. The van der Waals surface area contributed by atoms with Gasteiger partial charge in [0.2, 0.25) is 5.91 Å². The van der Waals surface area contributed by atoms with Crippen LogP contribution in [0, 0.1) is 0 Å². The summed E-state index contributed by atoms with van der Waals surface area (Å²) >= 11 is 0. The molecule has 2 heterocycles. The van der Waals surface area contributed by atoms with Crippen molar-refractivity contribution in [3.63, 3.8) is 0 Å². The van der Waals surface area contributed by atoms with Crippen molar-refractivity contribution >= 4 is 15.7 Å². The van der Waals surface area contributed by atoms with Crippen LogP contribution in [0.3, 0.4) is 0 Å². The Bertz CT molecular complexity index is 1020. The van der Waals surface area contributed by atoms with Gasteiger partial charge in [-0.05, 0) is 37.6 Å². The highest BCUT2D eigenvalue weighted by Crippen LogP contribution is 2.32. The molecule has 2 aromatic rings. The predicted octanol–water partition coefficient (Wildman–Crippen LogP) is 2.42. The van der Waals surface area contributed by atoms with Gasteiger partial charge in [0.25, 0.3) is 0 Å². The van der Waals surface area contributed by atoms with E-state index in [1.807, 2.05) is 53.4 Å². The van der Waals surface area contributed by atoms with E-state index in [-0.39, 0.29) is 23.5 Å². The zero-order valence-electron chi connectivity index (χ0n) is 19.2. The third-order valence-corrected chi connectivity index (χ3v) is 8.27. The van der Waals surface area contributed by atoms with E-state index in [0.717, 1.165) is 42.8 Å². The number of nitrogens with zero attached hydrogens (tertiary/aromatic N) is 2. The lowest BCUT2D eigenvalue weighted by molar-refractivity contribution is -0.127. The van der Waals surface area contributed by atoms with Gasteiger partial charge < -0.3 is 10.1 Å². The van der Waals surface area contributed by atoms with Crippen molar-refractivity contribution in [2.24, 2.45) is 0 Å². The summed E-state index contributed by atoms with van der Waals surface area (Å²) in [7, 11) is -1.36. The van der Waals surface area contributed by atoms with E-state index in [4.69, 9.17) is 4.74 Å². The molecule has 7 nitrogen and oxygen atoms in total. The van der Waals surface area contributed by atoms with Gasteiger partial charge in [-0.3, -0.25) is 14.6 Å². The Labute approximate surface area is 196 Å². The summed E-state index contributed by atoms with van der Waals surface area (Å²) in [6.07, 6.45) is 2.29. The number of para-hydroxylation sites is 1. The van der Waals surface area contributed by atoms with Crippen molar-refractivity contribution < 1.29 is 17.9 Å². The van der Waals surface area contributed by atoms with Gasteiger partial charge in [-0.25, -0.2) is 8.42 Å². The first-order chi connectivity index (χ1) is 16.0. The van der Waals surface area contributed by atoms with Gasteiger partial charge in [-0.15, -0.1) is 0 Å². The zero-order valence-corrected chi connectivity index (χ0v) is 20.0. The third kappa shape index (κ3) is 5.75. The van der Waals surface area contributed by atoms with Gasteiger partial charge in [0.1, 0.15) is 11.8 Å². The topological polar surface area (TPSA) is 79.0 Å². The number of carbonyl (C=O) groups excluding carboxylic acids is 1. The number of carbonyl (C=O) groups is 1. The van der Waals surface area contributed by atoms with Crippen LogP contribution in [0.2, 0.25) is 0 Å². The molecule has 178 valence electrons. The molecule has 2 saturated heterocycles. The van der Waals surface area contributed by atoms with Crippen molar-refractivity contribution in [1.29, 1.82) is 0 Å². The molecular formula is C25H33N3O4S. The molecule has 8 heteroatoms. The first kappa shape index (κ1) is 23.7. The average Bonchev–Trinajstić information content (AvgIpc) is 3.36. The maximum Gasteiger partial charge on any atom is 0.242 e. The van der Waals surface area contributed by atoms with Crippen LogP contribution in [-0.4, -0.2) is 75.5 Å². The quantitative estimate of drug-likeness (QED) is 0.637. The molecule has 0 bridgehead atoms. The summed E-state index contributed by atoms with van der Waals surface area (Å²) in [6, 6.07) is 17.1. The Morgan fingerprint density at radius 2 is 1.58 bits per heavy atom. The van der Waals surface area contributed by atoms with E-state index in [1.165, 1.54) is 0 Å². The molecule has 0 radical (unpaired) electrons. The number of hydrogen-bond acceptors (Lipinski definition) is 6. The molecule has 2 fully saturated rings. The SMILES string of the molecule is COc1ccccc1C(CNC(=O)C(c1ccccc1)N1CCS(=O)(=O)CC1)N1CCCC1. The lowest BCUT2D eigenvalue weighted by Crippen LogP contribution is -2.48. The summed E-state index contributed by atoms with van der Waals surface area (Å²) in [5.74, 6) is 0.895. The normalized spacial score (nSPS) is 20.8. The molecule has 2 unspecified atom stereocenters. The Morgan fingerprint density at radius 3 is 2.24 bits per heavy atom. The molecule has 33 heavy (non-hydrogen) atoms. The van der Waals surface area contributed by atoms with Gasteiger partial charge in [0.15, 0.2) is 9.84 Å². The number of amides is 1. The van der Waals surface area contributed by atoms with Crippen LogP contribution >= 0.6 is 0 Å². The molecule has 0 aromatic heterocycles. The van der Waals surface area contributed by atoms with E-state index in [1.54, 1.807) is 7.11 Å². The number of rotatable bonds is 8. The van der Waals surface area contributed by atoms with E-state index < -0.39 is 15.9 Å². The van der Waals surface area contributed by atoms with Crippen molar-refractivity contribution in [3.8, 4) is 5.75 Å². The van der Waals surface area contributed by atoms with E-state index in [2.05, 4.69) is 16.3 Å². The first-order valence-electron chi connectivity index (χ1n) is 11.6. The van der Waals surface area contributed by atoms with Crippen molar-refractivity contribution in [2.45, 2.75) is 24.9 Å². The predicted molar refractivity (Wildman–Crippen MR) is 129 cm³/mol. The largest absolute Gasteiger partial charge is 0.496 e. The minimum absolute atomic E-state index is 0.0192. The van der Waals surface area contributed by atoms with Gasteiger partial charge in [0.05, 0.1) is 24.7 Å². The van der Waals surface area contributed by atoms with Crippen molar-refractivity contribution in [3.05, 3.63) is 65.7 Å². The zero-order chi connectivity index (χ0) is 23.3. The van der Waals surface area contributed by atoms with E-state index in [0.29, 0.717) is 19.6 Å². The second-order valence-corrected chi connectivity index (χ2v) is 11.1. The minimum atomic E-state index is -3.03. The Balaban J connectivity index is 1.54. The van der Waals surface area contributed by atoms with Crippen LogP contribution in [0.15, 0.2) is 54.6 Å². The summed E-state index contributed by atoms with van der Waals surface area (Å²) in [5.41, 5.74) is 1.95. The third-order valence-electron chi connectivity index (χ3n) is 6.66. The van der Waals surface area contributed by atoms with Gasteiger partial charge in [-0.2, -0.15) is 0 Å². The lowest BCUT2D eigenvalue weighted by atomic mass is 10.0. The highest BCUT2D eigenvalue weighted by Gasteiger charge is 2.33. The number of nitrogens with one attached hydrogen (secondary N) is 1. The summed E-state index contributed by atoms with van der Waals surface area (Å²) < 4.78 is 29.5. The average molecular weight is 472 g/mol. The fourth-order valence-electron chi connectivity index (χ4n) is 4.87. The maximum atomic E-state index is 13.6. The molecule has 2 aromatic carbocycles. The molecule has 0 saturated carbocycles. The fourth-order valence-corrected chi connectivity index (χ4v) is 6.10. The van der Waals surface area contributed by atoms with Gasteiger partial charge >= 0.3 is 0 Å². The van der Waals surface area contributed by atoms with Crippen LogP contribution in [0.1, 0.15) is 36.1 Å². The maximum absolute atomic E-state index is 13.6. The smallest absolute Gasteiger partial charge is 0.242 e. The van der Waals surface area contributed by atoms with Crippen LogP contribution in [0.5, 0.6) is 5.75 Å². The van der Waals surface area contributed by atoms with Crippen LogP contribution in [-0.2, 0) is 14.6 Å². The Kier molecular flexibility index (Phi) is 7.67. The molecule has 0 spiro atoms. The molecule has 1 amide bonds. The van der Waals surface area contributed by atoms with Gasteiger partial charge in [0, 0.05) is 25.2 Å². The number of likely N-dealkylation sites (tertiary alicyclic amines) is 1. The van der Waals surface area contributed by atoms with Crippen LogP contribution in [0.4, 0.5) is 0 Å². The van der Waals surface area contributed by atoms with Crippen molar-refractivity contribution in [1.82, 2.24) is 15.1 Å². The number of benzene rings is 2.